The summed E-state index contributed by atoms with van der Waals surface area (Å²) in [5, 5.41) is 5.21. The fourth-order valence-corrected chi connectivity index (χ4v) is 4.19. The van der Waals surface area contributed by atoms with Crippen LogP contribution in [0.1, 0.15) is 32.9 Å². The molecule has 7 nitrogen and oxygen atoms in total. The van der Waals surface area contributed by atoms with Crippen LogP contribution in [0.3, 0.4) is 0 Å². The molecule has 30 heavy (non-hydrogen) atoms. The Kier molecular flexibility index (Phi) is 7.95. The Balaban J connectivity index is 1.37. The van der Waals surface area contributed by atoms with Gasteiger partial charge >= 0.3 is 5.97 Å². The van der Waals surface area contributed by atoms with Crippen LogP contribution in [-0.4, -0.2) is 56.7 Å². The van der Waals surface area contributed by atoms with Crippen molar-refractivity contribution < 1.29 is 19.1 Å². The lowest BCUT2D eigenvalue weighted by molar-refractivity contribution is 0.0438. The number of hydrogen-bond donors (Lipinski definition) is 2. The summed E-state index contributed by atoms with van der Waals surface area (Å²) in [5.74, 6) is 0.318. The minimum absolute atomic E-state index is 0.00228. The van der Waals surface area contributed by atoms with E-state index >= 15 is 0 Å². The van der Waals surface area contributed by atoms with Crippen molar-refractivity contribution in [1.82, 2.24) is 10.2 Å². The van der Waals surface area contributed by atoms with Crippen LogP contribution >= 0.6 is 22.9 Å². The largest absolute Gasteiger partial charge is 0.496 e. The van der Waals surface area contributed by atoms with Gasteiger partial charge in [-0.25, -0.2) is 4.79 Å². The van der Waals surface area contributed by atoms with Crippen LogP contribution < -0.4 is 15.8 Å². The molecule has 2 aromatic rings. The number of benzene rings is 1. The van der Waals surface area contributed by atoms with E-state index in [0.717, 1.165) is 30.8 Å². The SMILES string of the molecule is COc1cc(N)c(Cl)cc1C(=O)OCCN1CCC(CNC(=O)c2cccs2)CC1. The Hall–Kier alpha value is -2.29. The average Bonchev–Trinajstić information content (AvgIpc) is 3.29. The zero-order valence-electron chi connectivity index (χ0n) is 16.9. The number of methoxy groups -OCH3 is 1. The molecule has 1 fully saturated rings. The second-order valence-electron chi connectivity index (χ2n) is 7.18. The maximum absolute atomic E-state index is 12.4. The zero-order valence-corrected chi connectivity index (χ0v) is 18.4. The number of nitrogen functional groups attached to an aromatic ring is 1. The third kappa shape index (κ3) is 5.87. The van der Waals surface area contributed by atoms with Gasteiger partial charge in [0, 0.05) is 19.2 Å². The molecule has 0 bridgehead atoms. The molecule has 1 saturated heterocycles. The minimum atomic E-state index is -0.486. The second-order valence-corrected chi connectivity index (χ2v) is 8.54. The van der Waals surface area contributed by atoms with Crippen molar-refractivity contribution in [1.29, 1.82) is 0 Å². The lowest BCUT2D eigenvalue weighted by Gasteiger charge is -2.31. The van der Waals surface area contributed by atoms with E-state index in [2.05, 4.69) is 10.2 Å². The zero-order chi connectivity index (χ0) is 21.5. The molecule has 0 radical (unpaired) electrons. The van der Waals surface area contributed by atoms with Crippen LogP contribution in [0.25, 0.3) is 0 Å². The van der Waals surface area contributed by atoms with E-state index in [-0.39, 0.29) is 23.1 Å². The summed E-state index contributed by atoms with van der Waals surface area (Å²) >= 11 is 7.46. The Morgan fingerprint density at radius 2 is 2.10 bits per heavy atom. The number of amides is 1. The maximum atomic E-state index is 12.4. The van der Waals surface area contributed by atoms with E-state index in [1.54, 1.807) is 0 Å². The highest BCUT2D eigenvalue weighted by molar-refractivity contribution is 7.12. The van der Waals surface area contributed by atoms with Crippen molar-refractivity contribution in [3.63, 3.8) is 0 Å². The number of carbonyl (C=O) groups is 2. The molecule has 162 valence electrons. The molecule has 0 saturated carbocycles. The molecule has 1 aromatic heterocycles. The summed E-state index contributed by atoms with van der Waals surface area (Å²) < 4.78 is 10.6. The van der Waals surface area contributed by atoms with Gasteiger partial charge in [0.2, 0.25) is 0 Å². The molecule has 1 aliphatic rings. The second kappa shape index (κ2) is 10.7. The van der Waals surface area contributed by atoms with Crippen LogP contribution in [-0.2, 0) is 4.74 Å². The van der Waals surface area contributed by atoms with Crippen LogP contribution in [0.2, 0.25) is 5.02 Å². The quantitative estimate of drug-likeness (QED) is 0.472. The lowest BCUT2D eigenvalue weighted by atomic mass is 9.97. The number of hydrogen-bond acceptors (Lipinski definition) is 7. The van der Waals surface area contributed by atoms with Gasteiger partial charge < -0.3 is 20.5 Å². The molecule has 3 rings (SSSR count). The van der Waals surface area contributed by atoms with E-state index < -0.39 is 5.97 Å². The van der Waals surface area contributed by atoms with Gasteiger partial charge in [0.1, 0.15) is 17.9 Å². The van der Waals surface area contributed by atoms with E-state index in [1.165, 1.54) is 30.6 Å². The number of likely N-dealkylation sites (tertiary alicyclic amines) is 1. The number of anilines is 1. The topological polar surface area (TPSA) is 93.9 Å². The first-order valence-corrected chi connectivity index (χ1v) is 11.1. The number of nitrogens with two attached hydrogens (primary N) is 1. The summed E-state index contributed by atoms with van der Waals surface area (Å²) in [5.41, 5.74) is 6.35. The Morgan fingerprint density at radius 3 is 2.77 bits per heavy atom. The van der Waals surface area contributed by atoms with Gasteiger partial charge in [0.25, 0.3) is 5.91 Å². The van der Waals surface area contributed by atoms with Gasteiger partial charge in [-0.15, -0.1) is 11.3 Å². The van der Waals surface area contributed by atoms with Gasteiger partial charge in [-0.1, -0.05) is 17.7 Å². The molecule has 2 heterocycles. The molecule has 0 spiro atoms. The highest BCUT2D eigenvalue weighted by Crippen LogP contribution is 2.29. The van der Waals surface area contributed by atoms with Crippen LogP contribution in [0.15, 0.2) is 29.6 Å². The van der Waals surface area contributed by atoms with E-state index in [1.807, 2.05) is 17.5 Å². The number of thiophene rings is 1. The highest BCUT2D eigenvalue weighted by Gasteiger charge is 2.21. The van der Waals surface area contributed by atoms with Crippen LogP contribution in [0, 0.1) is 5.92 Å². The van der Waals surface area contributed by atoms with Gasteiger partial charge in [-0.3, -0.25) is 9.69 Å². The maximum Gasteiger partial charge on any atom is 0.342 e. The van der Waals surface area contributed by atoms with Gasteiger partial charge in [0.15, 0.2) is 0 Å². The number of esters is 1. The van der Waals surface area contributed by atoms with Gasteiger partial charge in [-0.2, -0.15) is 0 Å². The highest BCUT2D eigenvalue weighted by atomic mass is 35.5. The van der Waals surface area contributed by atoms with Crippen molar-refractivity contribution in [2.45, 2.75) is 12.8 Å². The van der Waals surface area contributed by atoms with E-state index in [0.29, 0.717) is 30.4 Å². The van der Waals surface area contributed by atoms with Crippen molar-refractivity contribution in [2.24, 2.45) is 5.92 Å². The molecule has 0 atom stereocenters. The molecule has 1 aromatic carbocycles. The number of rotatable bonds is 8. The predicted molar refractivity (Wildman–Crippen MR) is 119 cm³/mol. The monoisotopic (exact) mass is 451 g/mol. The standard InChI is InChI=1S/C21H26ClN3O4S/c1-28-18-12-17(23)16(22)11-15(18)21(27)29-9-8-25-6-4-14(5-7-25)13-24-20(26)19-3-2-10-30-19/h2-3,10-12,14H,4-9,13,23H2,1H3,(H,24,26). The summed E-state index contributed by atoms with van der Waals surface area (Å²) in [7, 11) is 1.46. The molecular formula is C21H26ClN3O4S. The third-order valence-corrected chi connectivity index (χ3v) is 6.38. The smallest absolute Gasteiger partial charge is 0.342 e. The van der Waals surface area contributed by atoms with Crippen molar-refractivity contribution in [3.05, 3.63) is 45.1 Å². The number of carbonyl (C=O) groups excluding carboxylic acids is 2. The summed E-state index contributed by atoms with van der Waals surface area (Å²) in [6, 6.07) is 6.69. The first-order valence-electron chi connectivity index (χ1n) is 9.82. The molecule has 1 amide bonds. The Bertz CT molecular complexity index is 867. The van der Waals surface area contributed by atoms with Crippen molar-refractivity contribution >= 4 is 40.5 Å². The number of piperidine rings is 1. The summed E-state index contributed by atoms with van der Waals surface area (Å²) in [4.78, 5) is 27.4. The Morgan fingerprint density at radius 1 is 1.33 bits per heavy atom. The molecular weight excluding hydrogens is 426 g/mol. The van der Waals surface area contributed by atoms with E-state index in [4.69, 9.17) is 26.8 Å². The molecule has 0 unspecified atom stereocenters. The molecule has 0 aliphatic carbocycles. The van der Waals surface area contributed by atoms with Crippen molar-refractivity contribution in [3.8, 4) is 5.75 Å². The normalized spacial score (nSPS) is 15.0. The predicted octanol–water partition coefficient (Wildman–Crippen LogP) is 3.29. The van der Waals surface area contributed by atoms with E-state index in [9.17, 15) is 9.59 Å². The molecule has 9 heteroatoms. The third-order valence-electron chi connectivity index (χ3n) is 5.18. The van der Waals surface area contributed by atoms with Crippen LogP contribution in [0.5, 0.6) is 5.75 Å². The lowest BCUT2D eigenvalue weighted by Crippen LogP contribution is -2.40. The number of ether oxygens (including phenoxy) is 2. The van der Waals surface area contributed by atoms with Crippen LogP contribution in [0.4, 0.5) is 5.69 Å². The first-order chi connectivity index (χ1) is 14.5. The van der Waals surface area contributed by atoms with Crippen molar-refractivity contribution in [2.75, 3.05) is 45.6 Å². The minimum Gasteiger partial charge on any atom is -0.496 e. The number of nitrogens with zero attached hydrogens (tertiary/aromatic N) is 1. The Labute approximate surface area is 185 Å². The number of nitrogens with one attached hydrogen (secondary N) is 1. The average molecular weight is 452 g/mol. The molecule has 3 N–H and O–H groups in total. The number of halogens is 1. The summed E-state index contributed by atoms with van der Waals surface area (Å²) in [6.45, 7) is 3.45. The van der Waals surface area contributed by atoms with Gasteiger partial charge in [-0.05, 0) is 49.4 Å². The summed E-state index contributed by atoms with van der Waals surface area (Å²) in [6.07, 6.45) is 2.00. The molecule has 1 aliphatic heterocycles. The fraction of sp³-hybridized carbons (Fsp3) is 0.429. The van der Waals surface area contributed by atoms with Gasteiger partial charge in [0.05, 0.1) is 22.7 Å². The first kappa shape index (κ1) is 22.4. The fourth-order valence-electron chi connectivity index (χ4n) is 3.39.